The topological polar surface area (TPSA) is 70.5 Å². The first-order chi connectivity index (χ1) is 12.1. The average molecular weight is 352 g/mol. The third-order valence-electron chi connectivity index (χ3n) is 4.46. The highest BCUT2D eigenvalue weighted by Gasteiger charge is 2.35. The average Bonchev–Trinajstić information content (AvgIpc) is 3.21. The molecular weight excluding hydrogens is 336 g/mol. The van der Waals surface area contributed by atoms with Gasteiger partial charge in [-0.25, -0.2) is 4.98 Å². The van der Waals surface area contributed by atoms with Gasteiger partial charge in [-0.1, -0.05) is 30.3 Å². The van der Waals surface area contributed by atoms with Crippen LogP contribution in [0.5, 0.6) is 0 Å². The number of thiazole rings is 1. The van der Waals surface area contributed by atoms with E-state index < -0.39 is 11.9 Å². The van der Waals surface area contributed by atoms with Crippen molar-refractivity contribution in [3.63, 3.8) is 0 Å². The van der Waals surface area contributed by atoms with Gasteiger partial charge in [0, 0.05) is 25.1 Å². The Balaban J connectivity index is 1.50. The number of para-hydroxylation sites is 2. The van der Waals surface area contributed by atoms with Crippen molar-refractivity contribution in [1.82, 2.24) is 4.98 Å². The number of hydrogen-bond donors (Lipinski definition) is 1. The molecule has 0 bridgehead atoms. The molecule has 0 aliphatic carbocycles. The fraction of sp³-hybridized carbons (Fsp3) is 0.211. The highest BCUT2D eigenvalue weighted by atomic mass is 32.1. The van der Waals surface area contributed by atoms with Crippen LogP contribution < -0.4 is 4.90 Å². The van der Waals surface area contributed by atoms with E-state index in [1.54, 1.807) is 22.3 Å². The van der Waals surface area contributed by atoms with Crippen LogP contribution in [0.4, 0.5) is 5.69 Å². The number of nitrogens with zero attached hydrogens (tertiary/aromatic N) is 2. The molecule has 4 rings (SSSR count). The standard InChI is InChI=1S/C19H16N2O3S/c22-18(10-9-17-20-14-6-2-4-8-16(14)25-17)21-11-13(19(23)24)12-5-1-3-7-15(12)21/h1-8,13H,9-11H2,(H,23,24). The minimum Gasteiger partial charge on any atom is -0.481 e. The second kappa shape index (κ2) is 6.29. The predicted molar refractivity (Wildman–Crippen MR) is 97.1 cm³/mol. The Hall–Kier alpha value is -2.73. The zero-order valence-electron chi connectivity index (χ0n) is 13.4. The van der Waals surface area contributed by atoms with E-state index in [1.807, 2.05) is 42.5 Å². The Labute approximate surface area is 148 Å². The first kappa shape index (κ1) is 15.8. The lowest BCUT2D eigenvalue weighted by Gasteiger charge is -2.17. The van der Waals surface area contributed by atoms with Gasteiger partial charge in [0.05, 0.1) is 15.2 Å². The molecule has 5 nitrogen and oxygen atoms in total. The van der Waals surface area contributed by atoms with E-state index in [0.29, 0.717) is 24.1 Å². The van der Waals surface area contributed by atoms with E-state index in [2.05, 4.69) is 4.98 Å². The first-order valence-electron chi connectivity index (χ1n) is 8.10. The minimum absolute atomic E-state index is 0.0598. The SMILES string of the molecule is O=C(O)C1CN(C(=O)CCc2nc3ccccc3s2)c2ccccc21. The molecule has 1 unspecified atom stereocenters. The van der Waals surface area contributed by atoms with Crippen molar-refractivity contribution in [3.05, 3.63) is 59.1 Å². The van der Waals surface area contributed by atoms with E-state index in [-0.39, 0.29) is 12.5 Å². The number of fused-ring (bicyclic) bond motifs is 2. The minimum atomic E-state index is -0.895. The molecule has 1 aliphatic rings. The molecule has 1 atom stereocenters. The van der Waals surface area contributed by atoms with Crippen molar-refractivity contribution in [1.29, 1.82) is 0 Å². The lowest BCUT2D eigenvalue weighted by atomic mass is 10.0. The fourth-order valence-corrected chi connectivity index (χ4v) is 4.20. The normalized spacial score (nSPS) is 16.2. The van der Waals surface area contributed by atoms with E-state index in [4.69, 9.17) is 0 Å². The van der Waals surface area contributed by atoms with Crippen molar-refractivity contribution in [2.45, 2.75) is 18.8 Å². The number of carbonyl (C=O) groups is 2. The number of aromatic nitrogens is 1. The number of anilines is 1. The van der Waals surface area contributed by atoms with Crippen LogP contribution in [0.3, 0.4) is 0 Å². The van der Waals surface area contributed by atoms with Gasteiger partial charge in [0.15, 0.2) is 0 Å². The summed E-state index contributed by atoms with van der Waals surface area (Å²) in [6.45, 7) is 0.202. The monoisotopic (exact) mass is 352 g/mol. The van der Waals surface area contributed by atoms with Crippen LogP contribution in [-0.4, -0.2) is 28.5 Å². The van der Waals surface area contributed by atoms with Gasteiger partial charge in [-0.05, 0) is 23.8 Å². The zero-order chi connectivity index (χ0) is 17.4. The highest BCUT2D eigenvalue weighted by Crippen LogP contribution is 2.36. The van der Waals surface area contributed by atoms with Crippen LogP contribution in [-0.2, 0) is 16.0 Å². The third kappa shape index (κ3) is 2.89. The second-order valence-electron chi connectivity index (χ2n) is 6.03. The van der Waals surface area contributed by atoms with Crippen molar-refractivity contribution in [2.24, 2.45) is 0 Å². The number of carboxylic acids is 1. The van der Waals surface area contributed by atoms with Gasteiger partial charge in [0.1, 0.15) is 5.92 Å². The highest BCUT2D eigenvalue weighted by molar-refractivity contribution is 7.18. The van der Waals surface area contributed by atoms with Gasteiger partial charge in [0.25, 0.3) is 0 Å². The summed E-state index contributed by atoms with van der Waals surface area (Å²) >= 11 is 1.60. The molecule has 1 N–H and O–H groups in total. The molecule has 0 fully saturated rings. The summed E-state index contributed by atoms with van der Waals surface area (Å²) in [5.74, 6) is -1.60. The summed E-state index contributed by atoms with van der Waals surface area (Å²) in [4.78, 5) is 30.3. The van der Waals surface area contributed by atoms with Crippen LogP contribution in [0.15, 0.2) is 48.5 Å². The number of carbonyl (C=O) groups excluding carboxylic acids is 1. The molecule has 3 aromatic rings. The van der Waals surface area contributed by atoms with Crippen molar-refractivity contribution < 1.29 is 14.7 Å². The molecule has 0 spiro atoms. The number of hydrogen-bond acceptors (Lipinski definition) is 4. The predicted octanol–water partition coefficient (Wildman–Crippen LogP) is 3.44. The molecular formula is C19H16N2O3S. The van der Waals surface area contributed by atoms with Crippen molar-refractivity contribution in [3.8, 4) is 0 Å². The van der Waals surface area contributed by atoms with Crippen LogP contribution in [0.1, 0.15) is 22.9 Å². The van der Waals surface area contributed by atoms with Crippen LogP contribution >= 0.6 is 11.3 Å². The summed E-state index contributed by atoms with van der Waals surface area (Å²) in [5, 5.41) is 10.3. The van der Waals surface area contributed by atoms with Crippen molar-refractivity contribution in [2.75, 3.05) is 11.4 Å². The van der Waals surface area contributed by atoms with Crippen LogP contribution in [0, 0.1) is 0 Å². The van der Waals surface area contributed by atoms with E-state index in [0.717, 1.165) is 15.2 Å². The third-order valence-corrected chi connectivity index (χ3v) is 5.55. The van der Waals surface area contributed by atoms with Crippen LogP contribution in [0.25, 0.3) is 10.2 Å². The fourth-order valence-electron chi connectivity index (χ4n) is 3.23. The van der Waals surface area contributed by atoms with Crippen LogP contribution in [0.2, 0.25) is 0 Å². The number of amides is 1. The van der Waals surface area contributed by atoms with E-state index in [9.17, 15) is 14.7 Å². The summed E-state index contributed by atoms with van der Waals surface area (Å²) in [6, 6.07) is 15.1. The Bertz CT molecular complexity index is 933. The van der Waals surface area contributed by atoms with Gasteiger partial charge < -0.3 is 10.0 Å². The number of benzene rings is 2. The maximum Gasteiger partial charge on any atom is 0.312 e. The van der Waals surface area contributed by atoms with E-state index in [1.165, 1.54) is 0 Å². The van der Waals surface area contributed by atoms with Gasteiger partial charge in [-0.2, -0.15) is 0 Å². The van der Waals surface area contributed by atoms with Gasteiger partial charge in [-0.3, -0.25) is 9.59 Å². The Morgan fingerprint density at radius 1 is 1.16 bits per heavy atom. The summed E-state index contributed by atoms with van der Waals surface area (Å²) < 4.78 is 1.11. The zero-order valence-corrected chi connectivity index (χ0v) is 14.2. The lowest BCUT2D eigenvalue weighted by Crippen LogP contribution is -2.31. The summed E-state index contributed by atoms with van der Waals surface area (Å²) in [5.41, 5.74) is 2.37. The molecule has 0 radical (unpaired) electrons. The molecule has 25 heavy (non-hydrogen) atoms. The maximum absolute atomic E-state index is 12.7. The molecule has 126 valence electrons. The quantitative estimate of drug-likeness (QED) is 0.781. The molecule has 1 aliphatic heterocycles. The Morgan fingerprint density at radius 3 is 2.72 bits per heavy atom. The smallest absolute Gasteiger partial charge is 0.312 e. The maximum atomic E-state index is 12.7. The number of rotatable bonds is 4. The first-order valence-corrected chi connectivity index (χ1v) is 8.91. The molecule has 0 saturated carbocycles. The number of carboxylic acid groups (broad SMARTS) is 1. The second-order valence-corrected chi connectivity index (χ2v) is 7.14. The molecule has 0 saturated heterocycles. The summed E-state index contributed by atoms with van der Waals surface area (Å²) in [6.07, 6.45) is 0.884. The molecule has 1 amide bonds. The molecule has 1 aromatic heterocycles. The van der Waals surface area contributed by atoms with Gasteiger partial charge >= 0.3 is 5.97 Å². The van der Waals surface area contributed by atoms with Crippen molar-refractivity contribution >= 4 is 39.1 Å². The van der Waals surface area contributed by atoms with Gasteiger partial charge in [0.2, 0.25) is 5.91 Å². The molecule has 6 heteroatoms. The molecule has 2 aromatic carbocycles. The number of aryl methyl sites for hydroxylation is 1. The van der Waals surface area contributed by atoms with Gasteiger partial charge in [-0.15, -0.1) is 11.3 Å². The largest absolute Gasteiger partial charge is 0.481 e. The van der Waals surface area contributed by atoms with E-state index >= 15 is 0 Å². The Kier molecular flexibility index (Phi) is 3.97. The lowest BCUT2D eigenvalue weighted by molar-refractivity contribution is -0.138. The summed E-state index contributed by atoms with van der Waals surface area (Å²) in [7, 11) is 0. The number of aliphatic carboxylic acids is 1. The Morgan fingerprint density at radius 2 is 1.92 bits per heavy atom. The molecule has 2 heterocycles.